The topological polar surface area (TPSA) is 77.3 Å². The number of azo groups is 1. The van der Waals surface area contributed by atoms with Crippen LogP contribution in [0.15, 0.2) is 70.9 Å². The molecular weight excluding hydrogens is 356 g/mol. The van der Waals surface area contributed by atoms with Crippen LogP contribution in [0, 0.1) is 0 Å². The quantitative estimate of drug-likeness (QED) is 0.498. The smallest absolute Gasteiger partial charge is 0.335 e. The molecule has 0 aliphatic rings. The van der Waals surface area contributed by atoms with Crippen molar-refractivity contribution in [1.29, 1.82) is 0 Å². The molecule has 0 bridgehead atoms. The third-order valence-corrected chi connectivity index (χ3v) is 3.97. The fourth-order valence-electron chi connectivity index (χ4n) is 2.13. The van der Waals surface area contributed by atoms with Gasteiger partial charge in [0.2, 0.25) is 0 Å². The molecule has 2 aromatic rings. The molecule has 0 atom stereocenters. The number of carbonyl (C=O) groups excluding carboxylic acids is 2. The number of rotatable bonds is 8. The monoisotopic (exact) mass is 382 g/mol. The Balaban J connectivity index is 1.92. The van der Waals surface area contributed by atoms with Gasteiger partial charge in [0.05, 0.1) is 0 Å². The highest BCUT2D eigenvalue weighted by atomic mass is 16.5. The van der Waals surface area contributed by atoms with Gasteiger partial charge in [-0.15, -0.1) is 0 Å². The summed E-state index contributed by atoms with van der Waals surface area (Å²) in [5.74, 6) is -1.04. The number of ether oxygens (including phenoxy) is 2. The predicted octanol–water partition coefficient (Wildman–Crippen LogP) is 4.48. The van der Waals surface area contributed by atoms with E-state index in [2.05, 4.69) is 10.2 Å². The molecule has 0 aromatic heterocycles. The van der Waals surface area contributed by atoms with Gasteiger partial charge < -0.3 is 9.47 Å². The highest BCUT2D eigenvalue weighted by Crippen LogP contribution is 2.20. The lowest BCUT2D eigenvalue weighted by atomic mass is 10.1. The molecule has 6 heteroatoms. The molecule has 0 radical (unpaired) electrons. The van der Waals surface area contributed by atoms with Gasteiger partial charge in [-0.1, -0.05) is 60.7 Å². The van der Waals surface area contributed by atoms with Gasteiger partial charge in [0, 0.05) is 0 Å². The maximum Gasteiger partial charge on any atom is 0.335 e. The first-order valence-electron chi connectivity index (χ1n) is 9.07. The minimum absolute atomic E-state index is 0.154. The van der Waals surface area contributed by atoms with Crippen molar-refractivity contribution in [3.63, 3.8) is 0 Å². The summed E-state index contributed by atoms with van der Waals surface area (Å²) in [6, 6.07) is 18.7. The summed E-state index contributed by atoms with van der Waals surface area (Å²) in [6.45, 7) is 6.68. The Morgan fingerprint density at radius 2 is 1.00 bits per heavy atom. The van der Waals surface area contributed by atoms with E-state index in [0.717, 1.165) is 11.1 Å². The average molecular weight is 382 g/mol. The number of hydrogen-bond donors (Lipinski definition) is 0. The second-order valence-corrected chi connectivity index (χ2v) is 7.44. The van der Waals surface area contributed by atoms with E-state index in [4.69, 9.17) is 9.47 Å². The zero-order valence-corrected chi connectivity index (χ0v) is 16.7. The highest BCUT2D eigenvalue weighted by molar-refractivity contribution is 5.81. The van der Waals surface area contributed by atoms with E-state index in [1.807, 2.05) is 60.7 Å². The van der Waals surface area contributed by atoms with Gasteiger partial charge in [0.15, 0.2) is 11.1 Å². The second-order valence-electron chi connectivity index (χ2n) is 7.44. The van der Waals surface area contributed by atoms with Crippen LogP contribution in [0.5, 0.6) is 0 Å². The van der Waals surface area contributed by atoms with Crippen LogP contribution in [0.1, 0.15) is 38.8 Å². The highest BCUT2D eigenvalue weighted by Gasteiger charge is 2.34. The first-order valence-corrected chi connectivity index (χ1v) is 9.07. The maximum atomic E-state index is 12.3. The minimum Gasteiger partial charge on any atom is -0.459 e. The number of nitrogens with zero attached hydrogens (tertiary/aromatic N) is 2. The summed E-state index contributed by atoms with van der Waals surface area (Å²) in [6.07, 6.45) is 0. The Hall–Kier alpha value is -3.02. The largest absolute Gasteiger partial charge is 0.459 e. The van der Waals surface area contributed by atoms with Crippen LogP contribution in [0.4, 0.5) is 0 Å². The maximum absolute atomic E-state index is 12.3. The molecule has 6 nitrogen and oxygen atoms in total. The molecular formula is C22H26N2O4. The Bertz CT molecular complexity index is 745. The number of benzene rings is 2. The first-order chi connectivity index (χ1) is 13.2. The molecule has 2 rings (SSSR count). The lowest BCUT2D eigenvalue weighted by Crippen LogP contribution is -2.35. The van der Waals surface area contributed by atoms with Crippen LogP contribution >= 0.6 is 0 Å². The molecule has 0 saturated carbocycles. The molecule has 0 saturated heterocycles. The molecule has 0 heterocycles. The second kappa shape index (κ2) is 9.26. The fraction of sp³-hybridized carbons (Fsp3) is 0.364. The van der Waals surface area contributed by atoms with Crippen LogP contribution in [-0.2, 0) is 32.3 Å². The molecule has 0 unspecified atom stereocenters. The summed E-state index contributed by atoms with van der Waals surface area (Å²) in [7, 11) is 0. The van der Waals surface area contributed by atoms with Gasteiger partial charge in [0.25, 0.3) is 0 Å². The van der Waals surface area contributed by atoms with Crippen LogP contribution < -0.4 is 0 Å². The van der Waals surface area contributed by atoms with Crippen molar-refractivity contribution < 1.29 is 19.1 Å². The zero-order chi connectivity index (χ0) is 20.6. The minimum atomic E-state index is -1.22. The molecule has 148 valence electrons. The van der Waals surface area contributed by atoms with Gasteiger partial charge in [0.1, 0.15) is 13.2 Å². The Kier molecular flexibility index (Phi) is 7.04. The molecule has 28 heavy (non-hydrogen) atoms. The molecule has 0 N–H and O–H groups in total. The summed E-state index contributed by atoms with van der Waals surface area (Å²) in [5, 5.41) is 8.13. The molecule has 0 amide bonds. The van der Waals surface area contributed by atoms with Crippen molar-refractivity contribution in [2.75, 3.05) is 0 Å². The SMILES string of the molecule is CC(C)(N=NC(C)(C)C(=O)OCc1ccccc1)C(=O)OCc1ccccc1. The lowest BCUT2D eigenvalue weighted by molar-refractivity contribution is -0.152. The van der Waals surface area contributed by atoms with Crippen LogP contribution in [-0.4, -0.2) is 23.0 Å². The summed E-state index contributed by atoms with van der Waals surface area (Å²) in [5.41, 5.74) is -0.667. The van der Waals surface area contributed by atoms with Crippen molar-refractivity contribution in [3.05, 3.63) is 71.8 Å². The van der Waals surface area contributed by atoms with Crippen LogP contribution in [0.3, 0.4) is 0 Å². The lowest BCUT2D eigenvalue weighted by Gasteiger charge is -2.21. The van der Waals surface area contributed by atoms with E-state index < -0.39 is 23.0 Å². The first kappa shape index (κ1) is 21.3. The Morgan fingerprint density at radius 3 is 1.32 bits per heavy atom. The van der Waals surface area contributed by atoms with Gasteiger partial charge in [-0.2, -0.15) is 10.2 Å². The van der Waals surface area contributed by atoms with E-state index in [0.29, 0.717) is 0 Å². The van der Waals surface area contributed by atoms with Gasteiger partial charge in [-0.05, 0) is 38.8 Å². The summed E-state index contributed by atoms with van der Waals surface area (Å²) >= 11 is 0. The Morgan fingerprint density at radius 1 is 0.679 bits per heavy atom. The summed E-state index contributed by atoms with van der Waals surface area (Å²) in [4.78, 5) is 24.7. The van der Waals surface area contributed by atoms with Crippen molar-refractivity contribution in [2.45, 2.75) is 52.0 Å². The third kappa shape index (κ3) is 6.30. The van der Waals surface area contributed by atoms with E-state index >= 15 is 0 Å². The molecule has 0 fully saturated rings. The molecule has 0 aliphatic heterocycles. The van der Waals surface area contributed by atoms with Crippen molar-refractivity contribution in [1.82, 2.24) is 0 Å². The van der Waals surface area contributed by atoms with Gasteiger partial charge >= 0.3 is 11.9 Å². The number of hydrogen-bond acceptors (Lipinski definition) is 6. The van der Waals surface area contributed by atoms with E-state index in [1.54, 1.807) is 27.7 Å². The van der Waals surface area contributed by atoms with E-state index in [1.165, 1.54) is 0 Å². The Labute approximate surface area is 165 Å². The number of esters is 2. The normalized spacial score (nSPS) is 12.0. The van der Waals surface area contributed by atoms with Crippen LogP contribution in [0.2, 0.25) is 0 Å². The zero-order valence-electron chi connectivity index (χ0n) is 16.7. The third-order valence-electron chi connectivity index (χ3n) is 3.97. The van der Waals surface area contributed by atoms with E-state index in [9.17, 15) is 9.59 Å². The number of carbonyl (C=O) groups is 2. The molecule has 0 aliphatic carbocycles. The van der Waals surface area contributed by atoms with Gasteiger partial charge in [-0.25, -0.2) is 9.59 Å². The van der Waals surface area contributed by atoms with Crippen molar-refractivity contribution >= 4 is 11.9 Å². The van der Waals surface area contributed by atoms with E-state index in [-0.39, 0.29) is 13.2 Å². The average Bonchev–Trinajstić information content (AvgIpc) is 2.70. The van der Waals surface area contributed by atoms with Crippen LogP contribution in [0.25, 0.3) is 0 Å². The predicted molar refractivity (Wildman–Crippen MR) is 105 cm³/mol. The molecule has 2 aromatic carbocycles. The molecule has 0 spiro atoms. The van der Waals surface area contributed by atoms with Gasteiger partial charge in [-0.3, -0.25) is 0 Å². The van der Waals surface area contributed by atoms with Crippen molar-refractivity contribution in [2.24, 2.45) is 10.2 Å². The standard InChI is InChI=1S/C22H26N2O4/c1-21(2,19(25)27-15-17-11-7-5-8-12-17)23-24-22(3,4)20(26)28-16-18-13-9-6-10-14-18/h5-14H,15-16H2,1-4H3. The summed E-state index contributed by atoms with van der Waals surface area (Å²) < 4.78 is 10.6. The van der Waals surface area contributed by atoms with Crippen molar-refractivity contribution in [3.8, 4) is 0 Å². The fourth-order valence-corrected chi connectivity index (χ4v) is 2.13.